The fraction of sp³-hybridized carbons (Fsp3) is 0.208. The van der Waals surface area contributed by atoms with E-state index in [-0.39, 0.29) is 23.3 Å². The molecule has 1 N–H and O–H groups in total. The van der Waals surface area contributed by atoms with Gasteiger partial charge in [-0.2, -0.15) is 0 Å². The Balaban J connectivity index is 1.85. The number of hydrogen-bond donors (Lipinski definition) is 1. The Bertz CT molecular complexity index is 1290. The second kappa shape index (κ2) is 9.08. The second-order valence-corrected chi connectivity index (χ2v) is 9.50. The van der Waals surface area contributed by atoms with Crippen LogP contribution in [-0.2, 0) is 4.79 Å². The number of hydrogen-bond acceptors (Lipinski definition) is 5. The Kier molecular flexibility index (Phi) is 6.25. The Hall–Kier alpha value is -2.90. The van der Waals surface area contributed by atoms with E-state index < -0.39 is 0 Å². The number of thioether (sulfide) groups is 1. The van der Waals surface area contributed by atoms with Gasteiger partial charge in [-0.05, 0) is 44.0 Å². The summed E-state index contributed by atoms with van der Waals surface area (Å²) in [5.74, 6) is 0.112. The molecule has 2 heterocycles. The summed E-state index contributed by atoms with van der Waals surface area (Å²) in [6.07, 6.45) is 0. The smallest absolute Gasteiger partial charge is 0.267 e. The molecule has 2 aromatic carbocycles. The molecule has 5 nitrogen and oxygen atoms in total. The first-order valence-corrected chi connectivity index (χ1v) is 11.8. The lowest BCUT2D eigenvalue weighted by Gasteiger charge is -2.14. The predicted octanol–water partition coefficient (Wildman–Crippen LogP) is 5.04. The number of fused-ring (bicyclic) bond motifs is 1. The first-order chi connectivity index (χ1) is 14.9. The Morgan fingerprint density at radius 1 is 1.13 bits per heavy atom. The van der Waals surface area contributed by atoms with Crippen LogP contribution in [0.4, 0.5) is 0 Å². The van der Waals surface area contributed by atoms with E-state index in [0.29, 0.717) is 15.4 Å². The topological polar surface area (TPSA) is 64.0 Å². The van der Waals surface area contributed by atoms with Crippen molar-refractivity contribution >= 4 is 39.2 Å². The van der Waals surface area contributed by atoms with Crippen molar-refractivity contribution in [2.45, 2.75) is 32.0 Å². The van der Waals surface area contributed by atoms with Gasteiger partial charge in [-0.3, -0.25) is 14.2 Å². The number of thiophene rings is 1. The molecule has 0 aliphatic heterocycles. The van der Waals surface area contributed by atoms with Crippen LogP contribution in [0.1, 0.15) is 19.4 Å². The number of nitrogens with one attached hydrogen (secondary N) is 1. The van der Waals surface area contributed by atoms with Crippen LogP contribution in [0.5, 0.6) is 0 Å². The summed E-state index contributed by atoms with van der Waals surface area (Å²) in [7, 11) is 0. The van der Waals surface area contributed by atoms with E-state index in [4.69, 9.17) is 4.98 Å². The van der Waals surface area contributed by atoms with Crippen molar-refractivity contribution < 1.29 is 4.79 Å². The quantitative estimate of drug-likeness (QED) is 0.331. The van der Waals surface area contributed by atoms with Gasteiger partial charge < -0.3 is 5.32 Å². The number of benzene rings is 2. The largest absolute Gasteiger partial charge is 0.353 e. The third-order valence-corrected chi connectivity index (χ3v) is 6.75. The van der Waals surface area contributed by atoms with Crippen molar-refractivity contribution in [2.24, 2.45) is 0 Å². The molecule has 0 saturated carbocycles. The lowest BCUT2D eigenvalue weighted by molar-refractivity contribution is -0.119. The third-order valence-electron chi connectivity index (χ3n) is 4.73. The average Bonchev–Trinajstić information content (AvgIpc) is 3.18. The maximum atomic E-state index is 13.6. The molecule has 7 heteroatoms. The van der Waals surface area contributed by atoms with E-state index in [0.717, 1.165) is 21.7 Å². The van der Waals surface area contributed by atoms with Crippen LogP contribution < -0.4 is 10.9 Å². The molecule has 1 amide bonds. The molecule has 0 spiro atoms. The van der Waals surface area contributed by atoms with Gasteiger partial charge in [0.1, 0.15) is 4.83 Å². The summed E-state index contributed by atoms with van der Waals surface area (Å²) < 4.78 is 1.63. The van der Waals surface area contributed by atoms with Crippen molar-refractivity contribution in [3.8, 4) is 16.1 Å². The number of aromatic nitrogens is 2. The SMILES string of the molecule is Cc1ccccc1-n1c(SCC(=O)NC(C)C)nc2sc(-c3ccccc3)cc2c1=O. The van der Waals surface area contributed by atoms with E-state index in [1.54, 1.807) is 4.57 Å². The van der Waals surface area contributed by atoms with Crippen LogP contribution in [0.2, 0.25) is 0 Å². The van der Waals surface area contributed by atoms with Crippen LogP contribution in [-0.4, -0.2) is 27.3 Å². The minimum atomic E-state index is -0.121. The van der Waals surface area contributed by atoms with Crippen molar-refractivity contribution in [3.63, 3.8) is 0 Å². The average molecular weight is 450 g/mol. The Labute approximate surface area is 189 Å². The summed E-state index contributed by atoms with van der Waals surface area (Å²) in [5.41, 5.74) is 2.68. The highest BCUT2D eigenvalue weighted by Crippen LogP contribution is 2.33. The Morgan fingerprint density at radius 2 is 1.84 bits per heavy atom. The van der Waals surface area contributed by atoms with Gasteiger partial charge in [0.05, 0.1) is 16.8 Å². The van der Waals surface area contributed by atoms with Gasteiger partial charge >= 0.3 is 0 Å². The molecule has 0 fully saturated rings. The molecular weight excluding hydrogens is 426 g/mol. The van der Waals surface area contributed by atoms with E-state index in [2.05, 4.69) is 5.32 Å². The lowest BCUT2D eigenvalue weighted by Crippen LogP contribution is -2.32. The minimum Gasteiger partial charge on any atom is -0.353 e. The van der Waals surface area contributed by atoms with E-state index in [1.807, 2.05) is 81.4 Å². The molecule has 0 unspecified atom stereocenters. The maximum Gasteiger partial charge on any atom is 0.267 e. The highest BCUT2D eigenvalue weighted by atomic mass is 32.2. The van der Waals surface area contributed by atoms with Crippen LogP contribution >= 0.6 is 23.1 Å². The van der Waals surface area contributed by atoms with Gasteiger partial charge in [-0.1, -0.05) is 60.3 Å². The van der Waals surface area contributed by atoms with Gasteiger partial charge in [0.25, 0.3) is 5.56 Å². The van der Waals surface area contributed by atoms with E-state index >= 15 is 0 Å². The molecule has 4 aromatic rings. The fourth-order valence-electron chi connectivity index (χ4n) is 3.32. The van der Waals surface area contributed by atoms with Crippen molar-refractivity contribution in [2.75, 3.05) is 5.75 Å². The minimum absolute atomic E-state index is 0.0628. The van der Waals surface area contributed by atoms with Crippen LogP contribution in [0.3, 0.4) is 0 Å². The number of para-hydroxylation sites is 1. The summed E-state index contributed by atoms with van der Waals surface area (Å²) in [5, 5.41) is 4.00. The molecule has 0 saturated heterocycles. The second-order valence-electron chi connectivity index (χ2n) is 7.53. The number of rotatable bonds is 6. The summed E-state index contributed by atoms with van der Waals surface area (Å²) in [6.45, 7) is 5.81. The third kappa shape index (κ3) is 4.57. The van der Waals surface area contributed by atoms with Gasteiger partial charge in [-0.25, -0.2) is 4.98 Å². The molecular formula is C24H23N3O2S2. The zero-order valence-corrected chi connectivity index (χ0v) is 19.2. The first kappa shape index (κ1) is 21.3. The number of amides is 1. The van der Waals surface area contributed by atoms with E-state index in [1.165, 1.54) is 23.1 Å². The molecule has 0 aliphatic carbocycles. The molecule has 0 atom stereocenters. The molecule has 158 valence electrons. The molecule has 0 radical (unpaired) electrons. The maximum absolute atomic E-state index is 13.6. The standard InChI is InChI=1S/C24H23N3O2S2/c1-15(2)25-21(28)14-30-24-26-22-18(13-20(31-22)17-10-5-4-6-11-17)23(29)27(24)19-12-8-7-9-16(19)3/h4-13,15H,14H2,1-3H3,(H,25,28). The monoisotopic (exact) mass is 449 g/mol. The Morgan fingerprint density at radius 3 is 2.55 bits per heavy atom. The van der Waals surface area contributed by atoms with Gasteiger partial charge in [0.2, 0.25) is 5.91 Å². The molecule has 0 bridgehead atoms. The predicted molar refractivity (Wildman–Crippen MR) is 129 cm³/mol. The van der Waals surface area contributed by atoms with Crippen molar-refractivity contribution in [1.29, 1.82) is 0 Å². The molecule has 31 heavy (non-hydrogen) atoms. The van der Waals surface area contributed by atoms with E-state index in [9.17, 15) is 9.59 Å². The van der Waals surface area contributed by atoms with Gasteiger partial charge in [-0.15, -0.1) is 11.3 Å². The van der Waals surface area contributed by atoms with Crippen molar-refractivity contribution in [1.82, 2.24) is 14.9 Å². The highest BCUT2D eigenvalue weighted by Gasteiger charge is 2.18. The molecule has 0 aliphatic rings. The number of carbonyl (C=O) groups is 1. The zero-order valence-electron chi connectivity index (χ0n) is 17.6. The number of carbonyl (C=O) groups excluding carboxylic acids is 1. The van der Waals surface area contributed by atoms with Gasteiger partial charge in [0, 0.05) is 10.9 Å². The highest BCUT2D eigenvalue weighted by molar-refractivity contribution is 7.99. The number of nitrogens with zero attached hydrogens (tertiary/aromatic N) is 2. The molecule has 2 aromatic heterocycles. The zero-order chi connectivity index (χ0) is 22.0. The van der Waals surface area contributed by atoms with Crippen LogP contribution in [0.15, 0.2) is 70.6 Å². The summed E-state index contributed by atoms with van der Waals surface area (Å²) in [6, 6.07) is 19.7. The van der Waals surface area contributed by atoms with Crippen molar-refractivity contribution in [3.05, 3.63) is 76.6 Å². The normalized spacial score (nSPS) is 11.2. The van der Waals surface area contributed by atoms with Crippen LogP contribution in [0.25, 0.3) is 26.3 Å². The molecule has 4 rings (SSSR count). The number of aryl methyl sites for hydroxylation is 1. The van der Waals surface area contributed by atoms with Gasteiger partial charge in [0.15, 0.2) is 5.16 Å². The lowest BCUT2D eigenvalue weighted by atomic mass is 10.2. The van der Waals surface area contributed by atoms with Crippen LogP contribution in [0, 0.1) is 6.92 Å². The fourth-order valence-corrected chi connectivity index (χ4v) is 5.22. The first-order valence-electron chi connectivity index (χ1n) is 10.0. The summed E-state index contributed by atoms with van der Waals surface area (Å²) >= 11 is 2.77. The summed E-state index contributed by atoms with van der Waals surface area (Å²) in [4.78, 5) is 32.3.